The summed E-state index contributed by atoms with van der Waals surface area (Å²) in [6.07, 6.45) is 12.8. The number of unbranched alkanes of at least 4 members (excludes halogenated alkanes) is 9. The Morgan fingerprint density at radius 3 is 1.63 bits per heavy atom. The van der Waals surface area contributed by atoms with E-state index >= 15 is 0 Å². The number of aromatic carboxylic acids is 1. The standard InChI is InChI=1S/C38H43NO4/c1-4-6-7-8-9-10-11-12-13-14-23-39-37(41)30-21-18-26-28-19-22-31(38(42)43)36-29(32(40)5-2)20-17-27(35(28)36)25-16-15-24(3)33(30)34(25)26/h15-22H,4-14,23H2,1-3H3,(H,39,41)(H,42,43). The Labute approximate surface area is 254 Å². The molecule has 0 saturated heterocycles. The van der Waals surface area contributed by atoms with E-state index in [2.05, 4.69) is 18.3 Å². The third-order valence-electron chi connectivity index (χ3n) is 9.02. The van der Waals surface area contributed by atoms with Crippen molar-refractivity contribution in [2.24, 2.45) is 0 Å². The minimum Gasteiger partial charge on any atom is -0.478 e. The maximum atomic E-state index is 13.5. The van der Waals surface area contributed by atoms with Crippen LogP contribution in [0.2, 0.25) is 0 Å². The molecule has 2 N–H and O–H groups in total. The van der Waals surface area contributed by atoms with Crippen LogP contribution in [0.4, 0.5) is 0 Å². The molecule has 5 heteroatoms. The van der Waals surface area contributed by atoms with E-state index < -0.39 is 5.97 Å². The summed E-state index contributed by atoms with van der Waals surface area (Å²) in [5.74, 6) is -1.20. The van der Waals surface area contributed by atoms with E-state index in [9.17, 15) is 19.5 Å². The summed E-state index contributed by atoms with van der Waals surface area (Å²) in [6, 6.07) is 15.1. The van der Waals surface area contributed by atoms with Gasteiger partial charge in [-0.15, -0.1) is 0 Å². The minimum absolute atomic E-state index is 0.0659. The molecule has 0 atom stereocenters. The van der Waals surface area contributed by atoms with Gasteiger partial charge >= 0.3 is 5.97 Å². The van der Waals surface area contributed by atoms with Crippen molar-refractivity contribution in [2.75, 3.05) is 6.54 Å². The molecule has 5 nitrogen and oxygen atoms in total. The maximum Gasteiger partial charge on any atom is 0.336 e. The smallest absolute Gasteiger partial charge is 0.336 e. The van der Waals surface area contributed by atoms with Gasteiger partial charge in [-0.05, 0) is 68.7 Å². The summed E-state index contributed by atoms with van der Waals surface area (Å²) in [5, 5.41) is 20.1. The van der Waals surface area contributed by atoms with Crippen LogP contribution in [0.1, 0.15) is 121 Å². The molecule has 0 aliphatic carbocycles. The summed E-state index contributed by atoms with van der Waals surface area (Å²) in [4.78, 5) is 38.7. The Balaban J connectivity index is 1.44. The molecule has 0 unspecified atom stereocenters. The third-order valence-corrected chi connectivity index (χ3v) is 9.02. The van der Waals surface area contributed by atoms with Crippen molar-refractivity contribution in [3.63, 3.8) is 0 Å². The predicted octanol–water partition coefficient (Wildman–Crippen LogP) is 9.99. The zero-order valence-electron chi connectivity index (χ0n) is 25.8. The number of benzene rings is 5. The fraction of sp³-hybridized carbons (Fsp3) is 0.395. The average Bonchev–Trinajstić information content (AvgIpc) is 3.01. The largest absolute Gasteiger partial charge is 0.478 e. The summed E-state index contributed by atoms with van der Waals surface area (Å²) in [6.45, 7) is 6.73. The highest BCUT2D eigenvalue weighted by Gasteiger charge is 2.23. The van der Waals surface area contributed by atoms with Crippen molar-refractivity contribution >= 4 is 60.7 Å². The lowest BCUT2D eigenvalue weighted by molar-refractivity contribution is 0.0698. The predicted molar refractivity (Wildman–Crippen MR) is 178 cm³/mol. The van der Waals surface area contributed by atoms with Crippen molar-refractivity contribution in [3.8, 4) is 0 Å². The van der Waals surface area contributed by atoms with E-state index in [1.165, 1.54) is 51.4 Å². The van der Waals surface area contributed by atoms with E-state index in [0.717, 1.165) is 56.1 Å². The van der Waals surface area contributed by atoms with Crippen LogP contribution >= 0.6 is 0 Å². The molecule has 0 aliphatic rings. The number of aryl methyl sites for hydroxylation is 1. The molecule has 0 radical (unpaired) electrons. The highest BCUT2D eigenvalue weighted by Crippen LogP contribution is 2.44. The molecule has 0 bridgehead atoms. The maximum absolute atomic E-state index is 13.5. The van der Waals surface area contributed by atoms with Crippen molar-refractivity contribution in [1.82, 2.24) is 5.32 Å². The number of nitrogens with one attached hydrogen (secondary N) is 1. The second-order valence-corrected chi connectivity index (χ2v) is 11.9. The van der Waals surface area contributed by atoms with Crippen LogP contribution in [0.15, 0.2) is 48.5 Å². The Morgan fingerprint density at radius 1 is 0.581 bits per heavy atom. The normalized spacial score (nSPS) is 11.7. The molecule has 0 fully saturated rings. The summed E-state index contributed by atoms with van der Waals surface area (Å²) in [7, 11) is 0. The molecule has 5 aromatic carbocycles. The van der Waals surface area contributed by atoms with E-state index in [1.807, 2.05) is 37.3 Å². The van der Waals surface area contributed by atoms with Crippen molar-refractivity contribution in [1.29, 1.82) is 0 Å². The van der Waals surface area contributed by atoms with E-state index in [-0.39, 0.29) is 17.3 Å². The zero-order chi connectivity index (χ0) is 30.5. The van der Waals surface area contributed by atoms with Gasteiger partial charge in [0.05, 0.1) is 5.56 Å². The number of carboxylic acid groups (broad SMARTS) is 1. The van der Waals surface area contributed by atoms with Gasteiger partial charge in [0.15, 0.2) is 5.78 Å². The SMILES string of the molecule is CCCCCCCCCCCCNC(=O)c1ccc2c3ccc(C(=O)O)c4c(C(=O)CC)ccc(c5ccc(C)c1c25)c43. The summed E-state index contributed by atoms with van der Waals surface area (Å²) >= 11 is 0. The van der Waals surface area contributed by atoms with E-state index in [0.29, 0.717) is 29.5 Å². The number of Topliss-reactive ketones (excluding diaryl/α,β-unsaturated/α-hetero) is 1. The fourth-order valence-corrected chi connectivity index (χ4v) is 6.76. The number of hydrogen-bond donors (Lipinski definition) is 2. The summed E-state index contributed by atoms with van der Waals surface area (Å²) < 4.78 is 0. The second kappa shape index (κ2) is 13.5. The first kappa shape index (κ1) is 30.5. The van der Waals surface area contributed by atoms with Crippen LogP contribution in [0.3, 0.4) is 0 Å². The first-order valence-corrected chi connectivity index (χ1v) is 16.1. The molecule has 0 aliphatic heterocycles. The van der Waals surface area contributed by atoms with Crippen molar-refractivity contribution in [3.05, 3.63) is 70.8 Å². The molecular weight excluding hydrogens is 534 g/mol. The Bertz CT molecular complexity index is 1780. The van der Waals surface area contributed by atoms with Gasteiger partial charge < -0.3 is 10.4 Å². The van der Waals surface area contributed by atoms with Gasteiger partial charge in [0, 0.05) is 29.5 Å². The molecule has 224 valence electrons. The molecule has 1 amide bonds. The molecule has 0 aromatic heterocycles. The van der Waals surface area contributed by atoms with Crippen molar-refractivity contribution < 1.29 is 19.5 Å². The van der Waals surface area contributed by atoms with Crippen LogP contribution < -0.4 is 5.32 Å². The van der Waals surface area contributed by atoms with Gasteiger partial charge in [-0.3, -0.25) is 9.59 Å². The first-order chi connectivity index (χ1) is 20.9. The van der Waals surface area contributed by atoms with Crippen LogP contribution in [-0.4, -0.2) is 29.3 Å². The highest BCUT2D eigenvalue weighted by molar-refractivity contribution is 6.37. The number of carbonyl (C=O) groups excluding carboxylic acids is 2. The van der Waals surface area contributed by atoms with Crippen LogP contribution in [0.5, 0.6) is 0 Å². The average molecular weight is 578 g/mol. The van der Waals surface area contributed by atoms with Gasteiger partial charge in [-0.25, -0.2) is 4.79 Å². The number of rotatable bonds is 15. The van der Waals surface area contributed by atoms with Crippen LogP contribution in [0.25, 0.3) is 43.1 Å². The van der Waals surface area contributed by atoms with Gasteiger partial charge in [-0.2, -0.15) is 0 Å². The second-order valence-electron chi connectivity index (χ2n) is 11.9. The molecule has 0 spiro atoms. The van der Waals surface area contributed by atoms with Crippen LogP contribution in [0, 0.1) is 6.92 Å². The number of ketones is 1. The molecule has 5 rings (SSSR count). The number of carbonyl (C=O) groups is 3. The van der Waals surface area contributed by atoms with E-state index in [1.54, 1.807) is 19.1 Å². The monoisotopic (exact) mass is 577 g/mol. The Kier molecular flexibility index (Phi) is 9.59. The minimum atomic E-state index is -1.05. The Morgan fingerprint density at radius 2 is 1.07 bits per heavy atom. The lowest BCUT2D eigenvalue weighted by Crippen LogP contribution is -2.24. The number of hydrogen-bond acceptors (Lipinski definition) is 3. The van der Waals surface area contributed by atoms with Gasteiger partial charge in [0.1, 0.15) is 0 Å². The Hall–Kier alpha value is -3.99. The molecule has 0 saturated carbocycles. The van der Waals surface area contributed by atoms with E-state index in [4.69, 9.17) is 0 Å². The highest BCUT2D eigenvalue weighted by atomic mass is 16.4. The van der Waals surface area contributed by atoms with Gasteiger partial charge in [0.25, 0.3) is 5.91 Å². The third kappa shape index (κ3) is 5.95. The molecular formula is C38H43NO4. The molecule has 0 heterocycles. The topological polar surface area (TPSA) is 83.5 Å². The summed E-state index contributed by atoms with van der Waals surface area (Å²) in [5.41, 5.74) is 2.25. The lowest BCUT2D eigenvalue weighted by atomic mass is 9.84. The number of fused-ring (bicyclic) bond motifs is 2. The zero-order valence-corrected chi connectivity index (χ0v) is 25.8. The quantitative estimate of drug-likeness (QED) is 0.0561. The lowest BCUT2D eigenvalue weighted by Gasteiger charge is -2.19. The first-order valence-electron chi connectivity index (χ1n) is 16.1. The number of amides is 1. The van der Waals surface area contributed by atoms with Crippen LogP contribution in [-0.2, 0) is 0 Å². The molecule has 43 heavy (non-hydrogen) atoms. The fourth-order valence-electron chi connectivity index (χ4n) is 6.76. The van der Waals surface area contributed by atoms with Crippen molar-refractivity contribution in [2.45, 2.75) is 91.4 Å². The van der Waals surface area contributed by atoms with Gasteiger partial charge in [0.2, 0.25) is 0 Å². The molecule has 5 aromatic rings. The number of carboxylic acids is 1. The van der Waals surface area contributed by atoms with Gasteiger partial charge in [-0.1, -0.05) is 108 Å².